The van der Waals surface area contributed by atoms with Crippen molar-refractivity contribution in [1.29, 1.82) is 0 Å². The molecule has 1 fully saturated rings. The number of nitrogens with zero attached hydrogens (tertiary/aromatic N) is 4. The van der Waals surface area contributed by atoms with Gasteiger partial charge in [0.05, 0.1) is 17.3 Å². The predicted octanol–water partition coefficient (Wildman–Crippen LogP) is 2.02. The van der Waals surface area contributed by atoms with Crippen molar-refractivity contribution >= 4 is 39.0 Å². The highest BCUT2D eigenvalue weighted by Crippen LogP contribution is 2.32. The van der Waals surface area contributed by atoms with Gasteiger partial charge in [0.2, 0.25) is 5.91 Å². The molecule has 4 rings (SSSR count). The van der Waals surface area contributed by atoms with Crippen LogP contribution in [0.15, 0.2) is 30.2 Å². The summed E-state index contributed by atoms with van der Waals surface area (Å²) in [6.07, 6.45) is 6.62. The summed E-state index contributed by atoms with van der Waals surface area (Å²) < 4.78 is 0. The Labute approximate surface area is 130 Å². The van der Waals surface area contributed by atoms with Gasteiger partial charge < -0.3 is 10.2 Å². The number of anilines is 2. The lowest BCUT2D eigenvalue weighted by Crippen LogP contribution is -2.40. The van der Waals surface area contributed by atoms with Crippen molar-refractivity contribution in [2.45, 2.75) is 18.9 Å². The van der Waals surface area contributed by atoms with Crippen molar-refractivity contribution in [2.75, 3.05) is 16.8 Å². The standard InChI is InChI=1S/C14H14N6OS/c21-13(19-9-6-17-18-7-9)11-2-1-4-20(11)12-10-3-5-22-14(10)16-8-15-12/h3,5-8,11H,1-2,4H2,(H,17,18)(H,19,21). The van der Waals surface area contributed by atoms with Crippen LogP contribution in [0.25, 0.3) is 10.2 Å². The Bertz CT molecular complexity index is 799. The molecule has 0 spiro atoms. The Hall–Kier alpha value is -2.48. The lowest BCUT2D eigenvalue weighted by molar-refractivity contribution is -0.117. The van der Waals surface area contributed by atoms with Gasteiger partial charge in [-0.25, -0.2) is 9.97 Å². The predicted molar refractivity (Wildman–Crippen MR) is 85.0 cm³/mol. The number of hydrogen-bond acceptors (Lipinski definition) is 6. The Morgan fingerprint density at radius 2 is 2.41 bits per heavy atom. The molecule has 1 amide bonds. The van der Waals surface area contributed by atoms with Gasteiger partial charge in [0.25, 0.3) is 0 Å². The Morgan fingerprint density at radius 3 is 3.27 bits per heavy atom. The van der Waals surface area contributed by atoms with Crippen LogP contribution >= 0.6 is 11.3 Å². The van der Waals surface area contributed by atoms with Gasteiger partial charge in [0.15, 0.2) is 0 Å². The summed E-state index contributed by atoms with van der Waals surface area (Å²) in [5.74, 6) is 0.817. The summed E-state index contributed by atoms with van der Waals surface area (Å²) in [6, 6.07) is 1.80. The Kier molecular flexibility index (Phi) is 3.23. The second-order valence-corrected chi connectivity index (χ2v) is 6.06. The van der Waals surface area contributed by atoms with E-state index in [1.807, 2.05) is 11.4 Å². The SMILES string of the molecule is O=C(Nc1cn[nH]c1)C1CCCN1c1ncnc2sccc12. The molecule has 1 aliphatic rings. The van der Waals surface area contributed by atoms with Crippen LogP contribution in [-0.2, 0) is 4.79 Å². The summed E-state index contributed by atoms with van der Waals surface area (Å²) >= 11 is 1.58. The fourth-order valence-corrected chi connectivity index (χ4v) is 3.57. The van der Waals surface area contributed by atoms with Gasteiger partial charge in [-0.3, -0.25) is 9.89 Å². The number of H-pyrrole nitrogens is 1. The molecule has 0 radical (unpaired) electrons. The van der Waals surface area contributed by atoms with Crippen LogP contribution in [0.5, 0.6) is 0 Å². The molecule has 1 saturated heterocycles. The van der Waals surface area contributed by atoms with E-state index in [9.17, 15) is 4.79 Å². The largest absolute Gasteiger partial charge is 0.344 e. The molecule has 7 nitrogen and oxygen atoms in total. The summed E-state index contributed by atoms with van der Waals surface area (Å²) in [7, 11) is 0. The number of carbonyl (C=O) groups is 1. The van der Waals surface area contributed by atoms with Crippen LogP contribution in [0.3, 0.4) is 0 Å². The zero-order valence-corrected chi connectivity index (χ0v) is 12.5. The third-order valence-corrected chi connectivity index (χ3v) is 4.65. The molecular weight excluding hydrogens is 300 g/mol. The number of amides is 1. The number of thiophene rings is 1. The van der Waals surface area contributed by atoms with Crippen molar-refractivity contribution in [3.8, 4) is 0 Å². The van der Waals surface area contributed by atoms with E-state index in [4.69, 9.17) is 0 Å². The fourth-order valence-electron chi connectivity index (χ4n) is 2.84. The average molecular weight is 314 g/mol. The molecule has 0 bridgehead atoms. The van der Waals surface area contributed by atoms with Gasteiger partial charge in [0.1, 0.15) is 23.0 Å². The van der Waals surface area contributed by atoms with Gasteiger partial charge in [-0.1, -0.05) is 0 Å². The molecule has 0 aromatic carbocycles. The molecule has 8 heteroatoms. The van der Waals surface area contributed by atoms with Gasteiger partial charge >= 0.3 is 0 Å². The van der Waals surface area contributed by atoms with Gasteiger partial charge in [-0.15, -0.1) is 11.3 Å². The number of rotatable bonds is 3. The van der Waals surface area contributed by atoms with Crippen LogP contribution in [0.4, 0.5) is 11.5 Å². The van der Waals surface area contributed by atoms with E-state index >= 15 is 0 Å². The van der Waals surface area contributed by atoms with E-state index in [0.29, 0.717) is 5.69 Å². The number of fused-ring (bicyclic) bond motifs is 1. The van der Waals surface area contributed by atoms with Gasteiger partial charge in [-0.2, -0.15) is 5.10 Å². The van der Waals surface area contributed by atoms with Crippen molar-refractivity contribution in [1.82, 2.24) is 20.2 Å². The summed E-state index contributed by atoms with van der Waals surface area (Å²) in [5, 5.41) is 12.4. The molecule has 4 heterocycles. The monoisotopic (exact) mass is 314 g/mol. The molecule has 3 aromatic rings. The highest BCUT2D eigenvalue weighted by atomic mass is 32.1. The highest BCUT2D eigenvalue weighted by Gasteiger charge is 2.32. The lowest BCUT2D eigenvalue weighted by atomic mass is 10.2. The summed E-state index contributed by atoms with van der Waals surface area (Å²) in [6.45, 7) is 0.825. The van der Waals surface area contributed by atoms with Crippen molar-refractivity contribution in [2.24, 2.45) is 0 Å². The third-order valence-electron chi connectivity index (χ3n) is 3.83. The highest BCUT2D eigenvalue weighted by molar-refractivity contribution is 7.16. The lowest BCUT2D eigenvalue weighted by Gasteiger charge is -2.25. The summed E-state index contributed by atoms with van der Waals surface area (Å²) in [4.78, 5) is 24.2. The Balaban J connectivity index is 1.63. The number of aromatic amines is 1. The zero-order chi connectivity index (χ0) is 14.9. The first-order valence-corrected chi connectivity index (χ1v) is 7.95. The first kappa shape index (κ1) is 13.2. The second-order valence-electron chi connectivity index (χ2n) is 5.16. The first-order chi connectivity index (χ1) is 10.8. The fraction of sp³-hybridized carbons (Fsp3) is 0.286. The third kappa shape index (κ3) is 2.21. The van der Waals surface area contributed by atoms with Gasteiger partial charge in [0, 0.05) is 12.7 Å². The molecule has 22 heavy (non-hydrogen) atoms. The van der Waals surface area contributed by atoms with Crippen LogP contribution in [-0.4, -0.2) is 38.7 Å². The minimum absolute atomic E-state index is 0.0270. The van der Waals surface area contributed by atoms with Gasteiger partial charge in [-0.05, 0) is 24.3 Å². The van der Waals surface area contributed by atoms with Crippen LogP contribution in [0.2, 0.25) is 0 Å². The first-order valence-electron chi connectivity index (χ1n) is 7.07. The normalized spacial score (nSPS) is 18.0. The van der Waals surface area contributed by atoms with E-state index in [-0.39, 0.29) is 11.9 Å². The minimum Gasteiger partial charge on any atom is -0.344 e. The molecule has 2 N–H and O–H groups in total. The smallest absolute Gasteiger partial charge is 0.247 e. The molecule has 112 valence electrons. The number of nitrogens with one attached hydrogen (secondary N) is 2. The van der Waals surface area contributed by atoms with Crippen LogP contribution in [0.1, 0.15) is 12.8 Å². The van der Waals surface area contributed by atoms with Crippen molar-refractivity contribution in [3.63, 3.8) is 0 Å². The van der Waals surface area contributed by atoms with E-state index in [1.165, 1.54) is 0 Å². The van der Waals surface area contributed by atoms with Crippen LogP contribution < -0.4 is 10.2 Å². The van der Waals surface area contributed by atoms with E-state index < -0.39 is 0 Å². The second kappa shape index (κ2) is 5.38. The number of aromatic nitrogens is 4. The molecule has 1 aliphatic heterocycles. The zero-order valence-electron chi connectivity index (χ0n) is 11.7. The topological polar surface area (TPSA) is 86.8 Å². The Morgan fingerprint density at radius 1 is 1.45 bits per heavy atom. The quantitative estimate of drug-likeness (QED) is 0.772. The molecule has 0 aliphatic carbocycles. The minimum atomic E-state index is -0.215. The van der Waals surface area contributed by atoms with E-state index in [1.54, 1.807) is 30.1 Å². The van der Waals surface area contributed by atoms with E-state index in [2.05, 4.69) is 30.4 Å². The number of carbonyl (C=O) groups excluding carboxylic acids is 1. The molecule has 1 atom stereocenters. The van der Waals surface area contributed by atoms with E-state index in [0.717, 1.165) is 35.4 Å². The van der Waals surface area contributed by atoms with Crippen molar-refractivity contribution in [3.05, 3.63) is 30.2 Å². The maximum absolute atomic E-state index is 12.5. The number of hydrogen-bond donors (Lipinski definition) is 2. The molecule has 3 aromatic heterocycles. The maximum Gasteiger partial charge on any atom is 0.247 e. The maximum atomic E-state index is 12.5. The molecular formula is C14H14N6OS. The molecule has 1 unspecified atom stereocenters. The summed E-state index contributed by atoms with van der Waals surface area (Å²) in [5.41, 5.74) is 0.681. The molecule has 0 saturated carbocycles. The average Bonchev–Trinajstić information content (AvgIpc) is 3.27. The van der Waals surface area contributed by atoms with Crippen LogP contribution in [0, 0.1) is 0 Å². The van der Waals surface area contributed by atoms with Crippen molar-refractivity contribution < 1.29 is 4.79 Å².